The minimum absolute atomic E-state index is 0.145. The van der Waals surface area contributed by atoms with Crippen LogP contribution < -0.4 is 0 Å². The highest BCUT2D eigenvalue weighted by Crippen LogP contribution is 2.23. The molecule has 0 aromatic heterocycles. The Morgan fingerprint density at radius 3 is 2.17 bits per heavy atom. The third-order valence-corrected chi connectivity index (χ3v) is 10.0. The fourth-order valence-electron chi connectivity index (χ4n) is 1.73. The van der Waals surface area contributed by atoms with Crippen LogP contribution in [0.5, 0.6) is 0 Å². The fourth-order valence-corrected chi connectivity index (χ4v) is 9.39. The Kier molecular flexibility index (Phi) is 6.26. The summed E-state index contributed by atoms with van der Waals surface area (Å²) < 4.78 is 11.8. The number of esters is 1. The van der Waals surface area contributed by atoms with Crippen LogP contribution in [0.3, 0.4) is 0 Å². The van der Waals surface area contributed by atoms with Gasteiger partial charge in [-0.15, -0.1) is 6.58 Å². The van der Waals surface area contributed by atoms with Crippen LogP contribution >= 0.6 is 0 Å². The van der Waals surface area contributed by atoms with Crippen molar-refractivity contribution in [3.63, 3.8) is 0 Å². The molecule has 0 spiro atoms. The zero-order valence-corrected chi connectivity index (χ0v) is 14.5. The monoisotopic (exact) mass is 286 g/mol. The van der Waals surface area contributed by atoms with E-state index in [0.29, 0.717) is 5.57 Å². The number of ether oxygens (including phenoxy) is 1. The van der Waals surface area contributed by atoms with Crippen LogP contribution in [-0.2, 0) is 13.6 Å². The van der Waals surface area contributed by atoms with E-state index in [9.17, 15) is 4.79 Å². The Balaban J connectivity index is 4.87. The van der Waals surface area contributed by atoms with Crippen LogP contribution in [0, 0.1) is 0 Å². The molecular formula is C13H26O3Si2. The van der Waals surface area contributed by atoms with Crippen LogP contribution in [0.1, 0.15) is 20.3 Å². The molecule has 0 heterocycles. The summed E-state index contributed by atoms with van der Waals surface area (Å²) in [7, 11) is -3.95. The van der Waals surface area contributed by atoms with Crippen molar-refractivity contribution in [2.24, 2.45) is 0 Å². The van der Waals surface area contributed by atoms with Crippen molar-refractivity contribution in [1.82, 2.24) is 0 Å². The molecule has 0 N–H and O–H groups in total. The number of hydrogen-bond donors (Lipinski definition) is 0. The molecule has 0 rings (SSSR count). The molecule has 0 fully saturated rings. The lowest BCUT2D eigenvalue weighted by Crippen LogP contribution is -2.53. The number of carbonyl (C=O) groups excluding carboxylic acids is 1. The van der Waals surface area contributed by atoms with Crippen LogP contribution in [0.25, 0.3) is 0 Å². The van der Waals surface area contributed by atoms with Gasteiger partial charge in [0.1, 0.15) is 5.73 Å². The minimum atomic E-state index is -2.09. The molecule has 104 valence electrons. The van der Waals surface area contributed by atoms with E-state index in [0.717, 1.165) is 6.42 Å². The Morgan fingerprint density at radius 2 is 1.83 bits per heavy atom. The maximum atomic E-state index is 11.6. The van der Waals surface area contributed by atoms with Crippen molar-refractivity contribution in [3.05, 3.63) is 24.4 Å². The SMILES string of the molecule is C=C[Si](C)(C)O[Si](C)(C)C(CC)OC(=O)C(=C)C. The summed E-state index contributed by atoms with van der Waals surface area (Å²) in [5.74, 6) is -0.330. The molecule has 0 saturated heterocycles. The van der Waals surface area contributed by atoms with Gasteiger partial charge in [0.15, 0.2) is 8.32 Å². The molecule has 0 aliphatic carbocycles. The van der Waals surface area contributed by atoms with Gasteiger partial charge in [0.2, 0.25) is 8.32 Å². The summed E-state index contributed by atoms with van der Waals surface area (Å²) in [4.78, 5) is 11.6. The van der Waals surface area contributed by atoms with Crippen molar-refractivity contribution in [2.75, 3.05) is 0 Å². The second kappa shape index (κ2) is 6.49. The van der Waals surface area contributed by atoms with Crippen LogP contribution in [0.4, 0.5) is 0 Å². The summed E-state index contributed by atoms with van der Waals surface area (Å²) in [6.07, 6.45) is 0.764. The summed E-state index contributed by atoms with van der Waals surface area (Å²) in [5.41, 5.74) is 2.20. The summed E-state index contributed by atoms with van der Waals surface area (Å²) in [5, 5.41) is 0. The van der Waals surface area contributed by atoms with Gasteiger partial charge in [0.25, 0.3) is 0 Å². The minimum Gasteiger partial charge on any atom is -0.460 e. The van der Waals surface area contributed by atoms with Gasteiger partial charge in [-0.05, 0) is 39.5 Å². The van der Waals surface area contributed by atoms with E-state index >= 15 is 0 Å². The lowest BCUT2D eigenvalue weighted by molar-refractivity contribution is -0.141. The third-order valence-electron chi connectivity index (χ3n) is 2.76. The molecule has 1 unspecified atom stereocenters. The molecule has 1 atom stereocenters. The van der Waals surface area contributed by atoms with Gasteiger partial charge >= 0.3 is 5.97 Å². The first kappa shape index (κ1) is 17.3. The summed E-state index contributed by atoms with van der Waals surface area (Å²) in [6, 6.07) is 0. The van der Waals surface area contributed by atoms with Crippen molar-refractivity contribution in [3.8, 4) is 0 Å². The predicted octanol–water partition coefficient (Wildman–Crippen LogP) is 3.58. The summed E-state index contributed by atoms with van der Waals surface area (Å²) in [6.45, 7) is 19.5. The third kappa shape index (κ3) is 5.33. The quantitative estimate of drug-likeness (QED) is 0.408. The smallest absolute Gasteiger partial charge is 0.333 e. The molecule has 3 nitrogen and oxygen atoms in total. The Hall–Kier alpha value is -0.656. The van der Waals surface area contributed by atoms with E-state index in [1.54, 1.807) is 6.92 Å². The lowest BCUT2D eigenvalue weighted by Gasteiger charge is -2.36. The van der Waals surface area contributed by atoms with Crippen molar-refractivity contribution < 1.29 is 13.6 Å². The van der Waals surface area contributed by atoms with Gasteiger partial charge in [-0.1, -0.05) is 19.2 Å². The molecule has 0 amide bonds. The highest BCUT2D eigenvalue weighted by atomic mass is 28.4. The normalized spacial score (nSPS) is 13.9. The molecule has 0 bridgehead atoms. The van der Waals surface area contributed by atoms with Crippen molar-refractivity contribution >= 4 is 22.6 Å². The zero-order chi connectivity index (χ0) is 14.6. The van der Waals surface area contributed by atoms with Crippen LogP contribution in [0.15, 0.2) is 24.4 Å². The molecule has 18 heavy (non-hydrogen) atoms. The molecule has 0 radical (unpaired) electrons. The number of carbonyl (C=O) groups is 1. The molecule has 0 aromatic rings. The van der Waals surface area contributed by atoms with E-state index in [1.165, 1.54) is 0 Å². The van der Waals surface area contributed by atoms with Crippen LogP contribution in [0.2, 0.25) is 26.2 Å². The van der Waals surface area contributed by atoms with Gasteiger partial charge in [-0.25, -0.2) is 4.79 Å². The maximum Gasteiger partial charge on any atom is 0.333 e. The van der Waals surface area contributed by atoms with E-state index < -0.39 is 16.6 Å². The molecule has 0 saturated carbocycles. The highest BCUT2D eigenvalue weighted by molar-refractivity contribution is 6.87. The van der Waals surface area contributed by atoms with Gasteiger partial charge in [-0.2, -0.15) is 0 Å². The van der Waals surface area contributed by atoms with Crippen molar-refractivity contribution in [1.29, 1.82) is 0 Å². The fraction of sp³-hybridized carbons (Fsp3) is 0.615. The standard InChI is InChI=1S/C13H26O3Si2/c1-9-12(15-13(14)11(3)4)18(7,8)16-17(5,6)10-2/h10,12H,2-3,9H2,1,4-8H3. The lowest BCUT2D eigenvalue weighted by atomic mass is 10.4. The second-order valence-corrected chi connectivity index (χ2v) is 13.9. The Morgan fingerprint density at radius 1 is 1.33 bits per heavy atom. The van der Waals surface area contributed by atoms with E-state index in [-0.39, 0.29) is 11.7 Å². The first-order valence-electron chi connectivity index (χ1n) is 6.26. The zero-order valence-electron chi connectivity index (χ0n) is 12.5. The summed E-state index contributed by atoms with van der Waals surface area (Å²) >= 11 is 0. The molecule has 5 heteroatoms. The van der Waals surface area contributed by atoms with E-state index in [1.807, 2.05) is 12.6 Å². The van der Waals surface area contributed by atoms with Crippen molar-refractivity contribution in [2.45, 2.75) is 52.2 Å². The average Bonchev–Trinajstić information content (AvgIpc) is 2.23. The Bertz CT molecular complexity index is 335. The molecule has 0 aliphatic rings. The first-order valence-corrected chi connectivity index (χ1v) is 12.2. The highest BCUT2D eigenvalue weighted by Gasteiger charge is 2.40. The molecule has 0 aliphatic heterocycles. The van der Waals surface area contributed by atoms with Gasteiger partial charge < -0.3 is 8.85 Å². The predicted molar refractivity (Wildman–Crippen MR) is 81.2 cm³/mol. The van der Waals surface area contributed by atoms with Gasteiger partial charge in [0, 0.05) is 5.57 Å². The maximum absolute atomic E-state index is 11.6. The van der Waals surface area contributed by atoms with E-state index in [4.69, 9.17) is 8.85 Å². The second-order valence-electron chi connectivity index (χ2n) is 5.60. The number of hydrogen-bond acceptors (Lipinski definition) is 3. The van der Waals surface area contributed by atoms with Gasteiger partial charge in [0.05, 0.1) is 0 Å². The topological polar surface area (TPSA) is 35.5 Å². The molecular weight excluding hydrogens is 260 g/mol. The average molecular weight is 287 g/mol. The van der Waals surface area contributed by atoms with Gasteiger partial charge in [-0.3, -0.25) is 0 Å². The van der Waals surface area contributed by atoms with E-state index in [2.05, 4.69) is 39.3 Å². The molecule has 0 aromatic carbocycles. The number of rotatable bonds is 7. The Labute approximate surface area is 113 Å². The first-order chi connectivity index (χ1) is 8.05. The largest absolute Gasteiger partial charge is 0.460 e. The van der Waals surface area contributed by atoms with Crippen LogP contribution in [-0.4, -0.2) is 28.3 Å².